The number of rotatable bonds is 15. The van der Waals surface area contributed by atoms with Gasteiger partial charge in [0.15, 0.2) is 6.04 Å². The fourth-order valence-electron chi connectivity index (χ4n) is 2.48. The van der Waals surface area contributed by atoms with Crippen LogP contribution in [0.1, 0.15) is 39.5 Å². The van der Waals surface area contributed by atoms with Gasteiger partial charge in [0.2, 0.25) is 17.7 Å². The van der Waals surface area contributed by atoms with E-state index in [1.54, 1.807) is 0 Å². The summed E-state index contributed by atoms with van der Waals surface area (Å²) in [4.78, 5) is 48.6. The number of aliphatic hydroxyl groups is 1. The molecule has 0 aromatic heterocycles. The summed E-state index contributed by atoms with van der Waals surface area (Å²) in [5.41, 5.74) is 11.0. The third-order valence-corrected chi connectivity index (χ3v) is 4.93. The summed E-state index contributed by atoms with van der Waals surface area (Å²) in [6.45, 7) is 3.13. The second-order valence-electron chi connectivity index (χ2n) is 7.04. The second-order valence-corrected chi connectivity index (χ2v) is 8.03. The van der Waals surface area contributed by atoms with E-state index < -0.39 is 54.0 Å². The van der Waals surface area contributed by atoms with Crippen molar-refractivity contribution in [2.24, 2.45) is 11.5 Å². The molecule has 0 bridgehead atoms. The van der Waals surface area contributed by atoms with Crippen molar-refractivity contribution < 1.29 is 29.4 Å². The monoisotopic (exact) mass is 449 g/mol. The van der Waals surface area contributed by atoms with Crippen LogP contribution in [0, 0.1) is 0 Å². The van der Waals surface area contributed by atoms with Gasteiger partial charge in [0.05, 0.1) is 12.1 Å². The van der Waals surface area contributed by atoms with E-state index in [4.69, 9.17) is 16.6 Å². The zero-order chi connectivity index (χ0) is 23.3. The van der Waals surface area contributed by atoms with Gasteiger partial charge < -0.3 is 37.6 Å². The van der Waals surface area contributed by atoms with Crippen molar-refractivity contribution in [3.05, 3.63) is 0 Å². The van der Waals surface area contributed by atoms with Gasteiger partial charge in [0.25, 0.3) is 0 Å². The lowest BCUT2D eigenvalue weighted by atomic mass is 10.1. The molecule has 174 valence electrons. The van der Waals surface area contributed by atoms with Gasteiger partial charge in [-0.3, -0.25) is 14.4 Å². The first-order valence-electron chi connectivity index (χ1n) is 9.81. The first kappa shape index (κ1) is 28.1. The van der Waals surface area contributed by atoms with Gasteiger partial charge in [-0.05, 0) is 58.1 Å². The average Bonchev–Trinajstić information content (AvgIpc) is 2.67. The number of amides is 3. The Labute approximate surface area is 181 Å². The SMILES string of the molecule is CSCCC(NC(=O)C(C)N)C(=O)NC(CCCCN)C(=O)NC(C(=O)O)C(C)O. The highest BCUT2D eigenvalue weighted by Gasteiger charge is 2.31. The minimum atomic E-state index is -1.52. The molecule has 30 heavy (non-hydrogen) atoms. The molecule has 0 saturated heterocycles. The normalized spacial score (nSPS) is 15.9. The van der Waals surface area contributed by atoms with Crippen LogP contribution in [0.4, 0.5) is 0 Å². The number of nitrogens with one attached hydrogen (secondary N) is 3. The fourth-order valence-corrected chi connectivity index (χ4v) is 2.96. The third-order valence-electron chi connectivity index (χ3n) is 4.28. The zero-order valence-electron chi connectivity index (χ0n) is 17.7. The molecule has 3 amide bonds. The number of carbonyl (C=O) groups is 4. The number of aliphatic carboxylic acids is 1. The van der Waals surface area contributed by atoms with Gasteiger partial charge in [-0.25, -0.2) is 4.79 Å². The molecule has 0 rings (SSSR count). The summed E-state index contributed by atoms with van der Waals surface area (Å²) in [7, 11) is 0. The van der Waals surface area contributed by atoms with Crippen molar-refractivity contribution in [3.63, 3.8) is 0 Å². The molecule has 12 heteroatoms. The summed E-state index contributed by atoms with van der Waals surface area (Å²) in [6, 6.07) is -4.27. The van der Waals surface area contributed by atoms with E-state index in [1.807, 2.05) is 6.26 Å². The molecule has 0 heterocycles. The molecule has 0 aliphatic carbocycles. The lowest BCUT2D eigenvalue weighted by molar-refractivity contribution is -0.145. The van der Waals surface area contributed by atoms with E-state index >= 15 is 0 Å². The molecule has 0 aromatic rings. The smallest absolute Gasteiger partial charge is 0.328 e. The highest BCUT2D eigenvalue weighted by Crippen LogP contribution is 2.06. The molecule has 0 saturated carbocycles. The molecule has 0 spiro atoms. The summed E-state index contributed by atoms with van der Waals surface area (Å²) in [5, 5.41) is 26.1. The Morgan fingerprint density at radius 3 is 1.93 bits per heavy atom. The molecule has 0 aromatic carbocycles. The molecule has 0 aliphatic heterocycles. The van der Waals surface area contributed by atoms with Crippen LogP contribution in [-0.4, -0.2) is 82.7 Å². The zero-order valence-corrected chi connectivity index (χ0v) is 18.5. The number of hydrogen-bond donors (Lipinski definition) is 7. The minimum Gasteiger partial charge on any atom is -0.480 e. The molecule has 0 fully saturated rings. The summed E-state index contributed by atoms with van der Waals surface area (Å²) in [5.74, 6) is -2.62. The molecule has 9 N–H and O–H groups in total. The van der Waals surface area contributed by atoms with E-state index in [-0.39, 0.29) is 6.42 Å². The lowest BCUT2D eigenvalue weighted by Crippen LogP contribution is -2.58. The van der Waals surface area contributed by atoms with E-state index in [9.17, 15) is 24.3 Å². The summed E-state index contributed by atoms with van der Waals surface area (Å²) >= 11 is 1.49. The van der Waals surface area contributed by atoms with Crippen molar-refractivity contribution >= 4 is 35.5 Å². The Kier molecular flexibility index (Phi) is 14.0. The van der Waals surface area contributed by atoms with Crippen LogP contribution < -0.4 is 27.4 Å². The molecule has 0 aliphatic rings. The summed E-state index contributed by atoms with van der Waals surface area (Å²) in [6.07, 6.45) is 2.20. The maximum Gasteiger partial charge on any atom is 0.328 e. The van der Waals surface area contributed by atoms with E-state index in [0.717, 1.165) is 0 Å². The Morgan fingerprint density at radius 2 is 1.47 bits per heavy atom. The number of thioether (sulfide) groups is 1. The fraction of sp³-hybridized carbons (Fsp3) is 0.778. The number of carboxylic acid groups (broad SMARTS) is 1. The maximum absolute atomic E-state index is 12.8. The van der Waals surface area contributed by atoms with E-state index in [2.05, 4.69) is 16.0 Å². The topological polar surface area (TPSA) is 197 Å². The minimum absolute atomic E-state index is 0.220. The van der Waals surface area contributed by atoms with Gasteiger partial charge in [0.1, 0.15) is 12.1 Å². The number of unbranched alkanes of at least 4 members (excludes halogenated alkanes) is 1. The number of hydrogen-bond acceptors (Lipinski definition) is 8. The van der Waals surface area contributed by atoms with Crippen LogP contribution >= 0.6 is 11.8 Å². The average molecular weight is 450 g/mol. The van der Waals surface area contributed by atoms with Crippen molar-refractivity contribution in [2.75, 3.05) is 18.6 Å². The molecule has 5 unspecified atom stereocenters. The highest BCUT2D eigenvalue weighted by molar-refractivity contribution is 7.98. The summed E-state index contributed by atoms with van der Waals surface area (Å²) < 4.78 is 0. The van der Waals surface area contributed by atoms with Gasteiger partial charge in [-0.15, -0.1) is 0 Å². The van der Waals surface area contributed by atoms with Gasteiger partial charge in [-0.1, -0.05) is 0 Å². The van der Waals surface area contributed by atoms with Crippen LogP contribution in [0.5, 0.6) is 0 Å². The first-order chi connectivity index (χ1) is 14.0. The Morgan fingerprint density at radius 1 is 0.933 bits per heavy atom. The maximum atomic E-state index is 12.8. The van der Waals surface area contributed by atoms with Crippen molar-refractivity contribution in [1.82, 2.24) is 16.0 Å². The number of carbonyl (C=O) groups excluding carboxylic acids is 3. The Hall–Kier alpha value is -1.89. The standard InChI is InChI=1S/C18H35N5O6S/c1-10(20)15(25)21-13(7-9-30-3)16(26)22-12(6-4-5-8-19)17(27)23-14(11(2)24)18(28)29/h10-14,24H,4-9,19-20H2,1-3H3,(H,21,25)(H,22,26)(H,23,27)(H,28,29). The second kappa shape index (κ2) is 15.0. The first-order valence-corrected chi connectivity index (χ1v) is 11.2. The third kappa shape index (κ3) is 10.8. The predicted molar refractivity (Wildman–Crippen MR) is 115 cm³/mol. The van der Waals surface area contributed by atoms with Crippen LogP contribution in [0.25, 0.3) is 0 Å². The van der Waals surface area contributed by atoms with E-state index in [0.29, 0.717) is 31.6 Å². The number of carboxylic acids is 1. The molecule has 11 nitrogen and oxygen atoms in total. The van der Waals surface area contributed by atoms with Crippen LogP contribution in [0.15, 0.2) is 0 Å². The molecular weight excluding hydrogens is 414 g/mol. The van der Waals surface area contributed by atoms with Gasteiger partial charge in [0, 0.05) is 0 Å². The Bertz CT molecular complexity index is 575. The van der Waals surface area contributed by atoms with Crippen molar-refractivity contribution in [2.45, 2.75) is 69.8 Å². The predicted octanol–water partition coefficient (Wildman–Crippen LogP) is -1.86. The highest BCUT2D eigenvalue weighted by atomic mass is 32.2. The largest absolute Gasteiger partial charge is 0.480 e. The van der Waals surface area contributed by atoms with Crippen LogP contribution in [0.3, 0.4) is 0 Å². The molecule has 0 radical (unpaired) electrons. The number of aliphatic hydroxyl groups excluding tert-OH is 1. The van der Waals surface area contributed by atoms with Crippen LogP contribution in [0.2, 0.25) is 0 Å². The van der Waals surface area contributed by atoms with Crippen molar-refractivity contribution in [3.8, 4) is 0 Å². The molecular formula is C18H35N5O6S. The van der Waals surface area contributed by atoms with E-state index in [1.165, 1.54) is 25.6 Å². The number of nitrogens with two attached hydrogens (primary N) is 2. The van der Waals surface area contributed by atoms with Crippen LogP contribution in [-0.2, 0) is 19.2 Å². The molecule has 5 atom stereocenters. The van der Waals surface area contributed by atoms with Crippen molar-refractivity contribution in [1.29, 1.82) is 0 Å². The lowest BCUT2D eigenvalue weighted by Gasteiger charge is -2.25. The Balaban J connectivity index is 5.36. The van der Waals surface area contributed by atoms with Gasteiger partial charge in [-0.2, -0.15) is 11.8 Å². The quantitative estimate of drug-likeness (QED) is 0.140. The van der Waals surface area contributed by atoms with Gasteiger partial charge >= 0.3 is 5.97 Å².